The number of nitrogens with one attached hydrogen (secondary N) is 1. The summed E-state index contributed by atoms with van der Waals surface area (Å²) in [6, 6.07) is 9.80. The molecule has 1 N–H and O–H groups in total. The van der Waals surface area contributed by atoms with E-state index in [0.29, 0.717) is 28.7 Å². The number of nitrogens with zero attached hydrogens (tertiary/aromatic N) is 3. The van der Waals surface area contributed by atoms with Crippen molar-refractivity contribution in [2.45, 2.75) is 31.3 Å². The first-order chi connectivity index (χ1) is 12.1. The third kappa shape index (κ3) is 3.91. The van der Waals surface area contributed by atoms with Crippen LogP contribution in [-0.2, 0) is 4.79 Å². The average Bonchev–Trinajstić information content (AvgIpc) is 2.60. The van der Waals surface area contributed by atoms with Gasteiger partial charge in [0.2, 0.25) is 5.91 Å². The van der Waals surface area contributed by atoms with Crippen molar-refractivity contribution in [1.29, 1.82) is 5.26 Å². The minimum absolute atomic E-state index is 0.0534. The van der Waals surface area contributed by atoms with Crippen LogP contribution in [-0.4, -0.2) is 28.2 Å². The van der Waals surface area contributed by atoms with E-state index in [-0.39, 0.29) is 17.7 Å². The summed E-state index contributed by atoms with van der Waals surface area (Å²) in [5.74, 6) is 1.52. The van der Waals surface area contributed by atoms with Crippen molar-refractivity contribution in [2.75, 3.05) is 12.4 Å². The van der Waals surface area contributed by atoms with Gasteiger partial charge in [-0.1, -0.05) is 30.0 Å². The molecular weight excluding hydrogens is 336 g/mol. The van der Waals surface area contributed by atoms with Crippen LogP contribution in [0.2, 0.25) is 0 Å². The van der Waals surface area contributed by atoms with Gasteiger partial charge in [-0.25, -0.2) is 9.97 Å². The number of benzene rings is 1. The van der Waals surface area contributed by atoms with Crippen molar-refractivity contribution in [3.05, 3.63) is 46.9 Å². The van der Waals surface area contributed by atoms with E-state index < -0.39 is 0 Å². The molecule has 0 aliphatic carbocycles. The summed E-state index contributed by atoms with van der Waals surface area (Å²) in [6.07, 6.45) is 0.739. The maximum atomic E-state index is 12.4. The lowest BCUT2D eigenvalue weighted by Crippen LogP contribution is -2.33. The maximum Gasteiger partial charge on any atom is 0.230 e. The number of hydrogen-bond donors (Lipinski definition) is 1. The summed E-state index contributed by atoms with van der Waals surface area (Å²) in [6.45, 7) is 4.13. The van der Waals surface area contributed by atoms with Gasteiger partial charge in [0.15, 0.2) is 0 Å². The molecule has 0 radical (unpaired) electrons. The third-order valence-electron chi connectivity index (χ3n) is 3.91. The van der Waals surface area contributed by atoms with Crippen LogP contribution in [0.25, 0.3) is 0 Å². The number of aromatic nitrogens is 2. The SMILES string of the molecule is Cc1nc(C)c(C#N)c(SCC(=O)NC2CCOc3ccccc32)n1. The smallest absolute Gasteiger partial charge is 0.230 e. The second-order valence-electron chi connectivity index (χ2n) is 5.73. The molecule has 0 bridgehead atoms. The largest absolute Gasteiger partial charge is 0.493 e. The van der Waals surface area contributed by atoms with Crippen LogP contribution in [0.4, 0.5) is 0 Å². The van der Waals surface area contributed by atoms with Crippen molar-refractivity contribution in [3.63, 3.8) is 0 Å². The molecule has 3 rings (SSSR count). The average molecular weight is 354 g/mol. The highest BCUT2D eigenvalue weighted by atomic mass is 32.2. The first kappa shape index (κ1) is 17.2. The Kier molecular flexibility index (Phi) is 5.19. The van der Waals surface area contributed by atoms with Crippen LogP contribution in [0.15, 0.2) is 29.3 Å². The molecule has 1 aliphatic rings. The van der Waals surface area contributed by atoms with Gasteiger partial charge in [-0.2, -0.15) is 5.26 Å². The molecule has 2 aromatic rings. The zero-order chi connectivity index (χ0) is 17.8. The number of para-hydroxylation sites is 1. The Morgan fingerprint density at radius 1 is 1.40 bits per heavy atom. The van der Waals surface area contributed by atoms with Gasteiger partial charge in [0.1, 0.15) is 28.2 Å². The number of carbonyl (C=O) groups is 1. The van der Waals surface area contributed by atoms with Crippen LogP contribution >= 0.6 is 11.8 Å². The number of amides is 1. The minimum atomic E-state index is -0.0930. The van der Waals surface area contributed by atoms with Gasteiger partial charge in [-0.15, -0.1) is 0 Å². The normalized spacial score (nSPS) is 15.6. The molecule has 0 saturated carbocycles. The van der Waals surface area contributed by atoms with Crippen LogP contribution < -0.4 is 10.1 Å². The van der Waals surface area contributed by atoms with E-state index in [1.807, 2.05) is 24.3 Å². The summed E-state index contributed by atoms with van der Waals surface area (Å²) in [4.78, 5) is 20.8. The fourth-order valence-corrected chi connectivity index (χ4v) is 3.66. The van der Waals surface area contributed by atoms with Crippen molar-refractivity contribution in [1.82, 2.24) is 15.3 Å². The van der Waals surface area contributed by atoms with Gasteiger partial charge in [0.25, 0.3) is 0 Å². The van der Waals surface area contributed by atoms with E-state index in [0.717, 1.165) is 17.7 Å². The minimum Gasteiger partial charge on any atom is -0.493 e. The molecule has 1 amide bonds. The molecule has 1 atom stereocenters. The Labute approximate surface area is 150 Å². The molecule has 1 aromatic heterocycles. The van der Waals surface area contributed by atoms with Crippen molar-refractivity contribution in [3.8, 4) is 11.8 Å². The zero-order valence-corrected chi connectivity index (χ0v) is 14.9. The Hall–Kier alpha value is -2.59. The second kappa shape index (κ2) is 7.53. The summed E-state index contributed by atoms with van der Waals surface area (Å²) < 4.78 is 5.61. The fraction of sp³-hybridized carbons (Fsp3) is 0.333. The highest BCUT2D eigenvalue weighted by Gasteiger charge is 2.23. The first-order valence-electron chi connectivity index (χ1n) is 7.97. The van der Waals surface area contributed by atoms with Gasteiger partial charge in [0, 0.05) is 12.0 Å². The topological polar surface area (TPSA) is 87.9 Å². The van der Waals surface area contributed by atoms with Crippen molar-refractivity contribution < 1.29 is 9.53 Å². The summed E-state index contributed by atoms with van der Waals surface area (Å²) in [5, 5.41) is 12.9. The molecule has 7 heteroatoms. The van der Waals surface area contributed by atoms with E-state index in [1.165, 1.54) is 11.8 Å². The summed E-state index contributed by atoms with van der Waals surface area (Å²) in [5.41, 5.74) is 2.06. The fourth-order valence-electron chi connectivity index (χ4n) is 2.78. The molecule has 0 saturated heterocycles. The van der Waals surface area contributed by atoms with E-state index in [2.05, 4.69) is 21.4 Å². The molecule has 2 heterocycles. The Morgan fingerprint density at radius 3 is 3.00 bits per heavy atom. The lowest BCUT2D eigenvalue weighted by atomic mass is 10.0. The van der Waals surface area contributed by atoms with Gasteiger partial charge in [-0.3, -0.25) is 4.79 Å². The number of fused-ring (bicyclic) bond motifs is 1. The van der Waals surface area contributed by atoms with Crippen LogP contribution in [0.1, 0.15) is 35.1 Å². The van der Waals surface area contributed by atoms with Crippen LogP contribution in [0, 0.1) is 25.2 Å². The standard InChI is InChI=1S/C18H18N4O2S/c1-11-14(9-19)18(21-12(2)20-11)25-10-17(23)22-15-7-8-24-16-6-4-3-5-13(15)16/h3-6,15H,7-8,10H2,1-2H3,(H,22,23). The number of carbonyl (C=O) groups excluding carboxylic acids is 1. The van der Waals surface area contributed by atoms with Crippen LogP contribution in [0.3, 0.4) is 0 Å². The molecule has 0 fully saturated rings. The highest BCUT2D eigenvalue weighted by Crippen LogP contribution is 2.31. The maximum absolute atomic E-state index is 12.4. The van der Waals surface area contributed by atoms with Crippen molar-refractivity contribution >= 4 is 17.7 Å². The van der Waals surface area contributed by atoms with Gasteiger partial charge < -0.3 is 10.1 Å². The van der Waals surface area contributed by atoms with E-state index in [4.69, 9.17) is 4.74 Å². The number of ether oxygens (including phenoxy) is 1. The van der Waals surface area contributed by atoms with Gasteiger partial charge in [0.05, 0.1) is 24.1 Å². The number of aryl methyl sites for hydroxylation is 2. The van der Waals surface area contributed by atoms with Gasteiger partial charge >= 0.3 is 0 Å². The van der Waals surface area contributed by atoms with Gasteiger partial charge in [-0.05, 0) is 19.9 Å². The zero-order valence-electron chi connectivity index (χ0n) is 14.1. The molecule has 25 heavy (non-hydrogen) atoms. The predicted molar refractivity (Wildman–Crippen MR) is 94.4 cm³/mol. The van der Waals surface area contributed by atoms with E-state index in [1.54, 1.807) is 13.8 Å². The van der Waals surface area contributed by atoms with Crippen molar-refractivity contribution in [2.24, 2.45) is 0 Å². The van der Waals surface area contributed by atoms with Crippen LogP contribution in [0.5, 0.6) is 5.75 Å². The summed E-state index contributed by atoms with van der Waals surface area (Å²) >= 11 is 1.26. The molecular formula is C18H18N4O2S. The second-order valence-corrected chi connectivity index (χ2v) is 6.70. The lowest BCUT2D eigenvalue weighted by molar-refractivity contribution is -0.119. The Morgan fingerprint density at radius 2 is 2.20 bits per heavy atom. The predicted octanol–water partition coefficient (Wildman–Crippen LogP) is 2.70. The lowest BCUT2D eigenvalue weighted by Gasteiger charge is -2.26. The molecule has 1 aliphatic heterocycles. The van der Waals surface area contributed by atoms with E-state index in [9.17, 15) is 10.1 Å². The third-order valence-corrected chi connectivity index (χ3v) is 4.89. The molecule has 1 aromatic carbocycles. The Bertz CT molecular complexity index is 847. The Balaban J connectivity index is 1.66. The molecule has 128 valence electrons. The number of hydrogen-bond acceptors (Lipinski definition) is 6. The number of thioether (sulfide) groups is 1. The summed E-state index contributed by atoms with van der Waals surface area (Å²) in [7, 11) is 0. The first-order valence-corrected chi connectivity index (χ1v) is 8.96. The molecule has 6 nitrogen and oxygen atoms in total. The van der Waals surface area contributed by atoms with E-state index >= 15 is 0 Å². The quantitative estimate of drug-likeness (QED) is 0.671. The monoisotopic (exact) mass is 354 g/mol. The molecule has 0 spiro atoms. The number of nitriles is 1. The number of rotatable bonds is 4. The molecule has 1 unspecified atom stereocenters. The highest BCUT2D eigenvalue weighted by molar-refractivity contribution is 8.00.